The van der Waals surface area contributed by atoms with Gasteiger partial charge in [-0.1, -0.05) is 12.1 Å². The van der Waals surface area contributed by atoms with E-state index in [1.54, 1.807) is 23.5 Å². The number of aromatic carboxylic acids is 1. The molecule has 5 heteroatoms. The van der Waals surface area contributed by atoms with Crippen LogP contribution in [0.4, 0.5) is 0 Å². The number of carboxylic acid groups (broad SMARTS) is 1. The third kappa shape index (κ3) is 4.35. The summed E-state index contributed by atoms with van der Waals surface area (Å²) >= 11 is 1.75. The number of benzene rings is 1. The Balaban J connectivity index is 0.00000180. The van der Waals surface area contributed by atoms with Gasteiger partial charge in [-0.15, -0.1) is 11.3 Å². The maximum Gasteiger partial charge on any atom is 0.335 e. The lowest BCUT2D eigenvalue weighted by molar-refractivity contribution is -0.0000192. The van der Waals surface area contributed by atoms with E-state index in [2.05, 4.69) is 23.7 Å². The van der Waals surface area contributed by atoms with Gasteiger partial charge in [0.1, 0.15) is 0 Å². The fraction of sp³-hybridized carbons (Fsp3) is 0.214. The number of thiophene rings is 1. The minimum absolute atomic E-state index is 0. The summed E-state index contributed by atoms with van der Waals surface area (Å²) in [6, 6.07) is 9.07. The van der Waals surface area contributed by atoms with Crippen LogP contribution in [0.25, 0.3) is 0 Å². The topological polar surface area (TPSA) is 49.3 Å². The summed E-state index contributed by atoms with van der Waals surface area (Å²) in [5.74, 6) is -0.885. The fourth-order valence-corrected chi connectivity index (χ4v) is 2.55. The summed E-state index contributed by atoms with van der Waals surface area (Å²) in [5.41, 5.74) is 2.73. The fourth-order valence-electron chi connectivity index (χ4n) is 1.67. The Morgan fingerprint density at radius 3 is 2.42 bits per heavy atom. The molecule has 0 saturated heterocycles. The highest BCUT2D eigenvalue weighted by Gasteiger charge is 2.02. The van der Waals surface area contributed by atoms with Gasteiger partial charge in [0.15, 0.2) is 0 Å². The van der Waals surface area contributed by atoms with Crippen molar-refractivity contribution in [1.29, 1.82) is 0 Å². The number of hydrogen-bond donors (Lipinski definition) is 2. The van der Waals surface area contributed by atoms with Crippen LogP contribution in [0.1, 0.15) is 26.4 Å². The lowest BCUT2D eigenvalue weighted by atomic mass is 10.1. The second kappa shape index (κ2) is 7.28. The van der Waals surface area contributed by atoms with E-state index in [4.69, 9.17) is 5.11 Å². The van der Waals surface area contributed by atoms with Crippen LogP contribution in [-0.4, -0.2) is 11.1 Å². The van der Waals surface area contributed by atoms with Gasteiger partial charge in [-0.2, -0.15) is 0 Å². The molecule has 0 fully saturated rings. The van der Waals surface area contributed by atoms with Crippen molar-refractivity contribution < 1.29 is 22.3 Å². The van der Waals surface area contributed by atoms with Crippen LogP contribution in [0.15, 0.2) is 35.7 Å². The maximum absolute atomic E-state index is 10.7. The summed E-state index contributed by atoms with van der Waals surface area (Å²) in [7, 11) is 0. The van der Waals surface area contributed by atoms with Gasteiger partial charge in [0, 0.05) is 18.0 Å². The standard InChI is InChI=1S/C14H15NO2S.ClH/c1-10-6-7-18-13(10)9-15-8-11-2-4-12(5-3-11)14(16)17;/h2-7,15H,8-9H2,1H3,(H,16,17);1H/p-1. The number of carbonyl (C=O) groups is 1. The molecule has 1 heterocycles. The molecule has 2 aromatic rings. The first-order valence-electron chi connectivity index (χ1n) is 5.73. The zero-order valence-electron chi connectivity index (χ0n) is 10.5. The van der Waals surface area contributed by atoms with Gasteiger partial charge in [0.2, 0.25) is 0 Å². The van der Waals surface area contributed by atoms with E-state index in [1.165, 1.54) is 10.4 Å². The molecule has 0 bridgehead atoms. The van der Waals surface area contributed by atoms with E-state index in [0.29, 0.717) is 5.56 Å². The summed E-state index contributed by atoms with van der Waals surface area (Å²) in [5, 5.41) is 14.2. The quantitative estimate of drug-likeness (QED) is 0.820. The second-order valence-corrected chi connectivity index (χ2v) is 5.13. The van der Waals surface area contributed by atoms with Crippen molar-refractivity contribution >= 4 is 17.3 Å². The highest BCUT2D eigenvalue weighted by Crippen LogP contribution is 2.15. The Bertz CT molecular complexity index is 537. The van der Waals surface area contributed by atoms with Crippen molar-refractivity contribution in [2.75, 3.05) is 0 Å². The van der Waals surface area contributed by atoms with E-state index in [0.717, 1.165) is 18.7 Å². The number of rotatable bonds is 5. The molecule has 2 N–H and O–H groups in total. The highest BCUT2D eigenvalue weighted by atomic mass is 35.5. The summed E-state index contributed by atoms with van der Waals surface area (Å²) in [6.07, 6.45) is 0. The van der Waals surface area contributed by atoms with Gasteiger partial charge in [-0.05, 0) is 41.6 Å². The molecule has 0 radical (unpaired) electrons. The molecule has 0 aliphatic heterocycles. The van der Waals surface area contributed by atoms with Crippen LogP contribution in [0, 0.1) is 6.92 Å². The molecular weight excluding hydrogens is 282 g/mol. The van der Waals surface area contributed by atoms with Gasteiger partial charge in [-0.3, -0.25) is 0 Å². The number of nitrogens with one attached hydrogen (secondary N) is 1. The smallest absolute Gasteiger partial charge is 0.335 e. The molecule has 0 unspecified atom stereocenters. The molecule has 0 spiro atoms. The van der Waals surface area contributed by atoms with Crippen LogP contribution in [0.3, 0.4) is 0 Å². The second-order valence-electron chi connectivity index (χ2n) is 4.13. The van der Waals surface area contributed by atoms with Gasteiger partial charge in [0.25, 0.3) is 0 Å². The van der Waals surface area contributed by atoms with Crippen LogP contribution >= 0.6 is 11.3 Å². The first-order valence-corrected chi connectivity index (χ1v) is 6.60. The first-order chi connectivity index (χ1) is 8.66. The van der Waals surface area contributed by atoms with Crippen LogP contribution < -0.4 is 17.7 Å². The molecule has 0 saturated carbocycles. The molecule has 102 valence electrons. The number of halogens is 1. The van der Waals surface area contributed by atoms with Gasteiger partial charge >= 0.3 is 5.97 Å². The minimum atomic E-state index is -0.885. The Labute approximate surface area is 122 Å². The molecule has 0 aliphatic rings. The normalized spacial score (nSPS) is 9.95. The van der Waals surface area contributed by atoms with Crippen LogP contribution in [-0.2, 0) is 13.1 Å². The first kappa shape index (κ1) is 15.7. The highest BCUT2D eigenvalue weighted by molar-refractivity contribution is 7.10. The number of hydrogen-bond acceptors (Lipinski definition) is 3. The summed E-state index contributed by atoms with van der Waals surface area (Å²) in [6.45, 7) is 3.70. The summed E-state index contributed by atoms with van der Waals surface area (Å²) < 4.78 is 0. The van der Waals surface area contributed by atoms with Crippen molar-refractivity contribution in [2.45, 2.75) is 20.0 Å². The Morgan fingerprint density at radius 2 is 1.89 bits per heavy atom. The molecule has 3 nitrogen and oxygen atoms in total. The lowest BCUT2D eigenvalue weighted by Gasteiger charge is -2.05. The Morgan fingerprint density at radius 1 is 1.21 bits per heavy atom. The van der Waals surface area contributed by atoms with E-state index in [1.807, 2.05) is 12.1 Å². The molecule has 2 rings (SSSR count). The van der Waals surface area contributed by atoms with Gasteiger partial charge in [-0.25, -0.2) is 4.79 Å². The van der Waals surface area contributed by atoms with E-state index in [-0.39, 0.29) is 12.4 Å². The van der Waals surface area contributed by atoms with Crippen LogP contribution in [0.5, 0.6) is 0 Å². The molecule has 19 heavy (non-hydrogen) atoms. The van der Waals surface area contributed by atoms with E-state index >= 15 is 0 Å². The Kier molecular flexibility index (Phi) is 6.02. The zero-order valence-corrected chi connectivity index (χ0v) is 12.1. The minimum Gasteiger partial charge on any atom is -1.00 e. The zero-order chi connectivity index (χ0) is 13.0. The third-order valence-electron chi connectivity index (χ3n) is 2.78. The third-order valence-corrected chi connectivity index (χ3v) is 3.81. The Hall–Kier alpha value is -1.36. The molecule has 0 atom stereocenters. The predicted octanol–water partition coefficient (Wildman–Crippen LogP) is 0.0485. The predicted molar refractivity (Wildman–Crippen MR) is 73.0 cm³/mol. The average Bonchev–Trinajstić information content (AvgIpc) is 2.76. The van der Waals surface area contributed by atoms with Crippen molar-refractivity contribution in [2.24, 2.45) is 0 Å². The summed E-state index contributed by atoms with van der Waals surface area (Å²) in [4.78, 5) is 12.0. The van der Waals surface area contributed by atoms with Gasteiger partial charge in [0.05, 0.1) is 5.56 Å². The van der Waals surface area contributed by atoms with E-state index in [9.17, 15) is 4.79 Å². The SMILES string of the molecule is Cc1ccsc1CNCc1ccc(C(=O)O)cc1.[Cl-]. The maximum atomic E-state index is 10.7. The van der Waals surface area contributed by atoms with E-state index < -0.39 is 5.97 Å². The van der Waals surface area contributed by atoms with Crippen LogP contribution in [0.2, 0.25) is 0 Å². The lowest BCUT2D eigenvalue weighted by Crippen LogP contribution is -3.00. The molecule has 1 aromatic carbocycles. The molecule has 0 amide bonds. The number of carboxylic acids is 1. The van der Waals surface area contributed by atoms with Crippen molar-refractivity contribution in [3.05, 3.63) is 57.3 Å². The largest absolute Gasteiger partial charge is 1.00 e. The monoisotopic (exact) mass is 296 g/mol. The van der Waals surface area contributed by atoms with Gasteiger partial charge < -0.3 is 22.8 Å². The van der Waals surface area contributed by atoms with Crippen molar-refractivity contribution in [3.63, 3.8) is 0 Å². The average molecular weight is 297 g/mol. The number of aryl methyl sites for hydroxylation is 1. The van der Waals surface area contributed by atoms with Crippen molar-refractivity contribution in [3.8, 4) is 0 Å². The molecule has 0 aliphatic carbocycles. The van der Waals surface area contributed by atoms with Crippen molar-refractivity contribution in [1.82, 2.24) is 5.32 Å². The molecule has 1 aromatic heterocycles. The molecular formula is C14H15ClNO2S-.